The van der Waals surface area contributed by atoms with Gasteiger partial charge < -0.3 is 31.1 Å². The Hall–Kier alpha value is -1.72. The van der Waals surface area contributed by atoms with Crippen LogP contribution in [0.25, 0.3) is 0 Å². The van der Waals surface area contributed by atoms with Gasteiger partial charge in [-0.1, -0.05) is 6.92 Å². The topological polar surface area (TPSA) is 141 Å². The molecule has 1 aromatic rings. The van der Waals surface area contributed by atoms with E-state index in [9.17, 15) is 15.3 Å². The summed E-state index contributed by atoms with van der Waals surface area (Å²) in [5.74, 6) is 0.800. The molecule has 3 rings (SSSR count). The van der Waals surface area contributed by atoms with E-state index in [1.807, 2.05) is 11.9 Å². The molecule has 10 heteroatoms. The predicted octanol–water partition coefficient (Wildman–Crippen LogP) is -1.42. The lowest BCUT2D eigenvalue weighted by molar-refractivity contribution is -0.0518. The number of guanidine groups is 1. The van der Waals surface area contributed by atoms with Gasteiger partial charge in [0.2, 0.25) is 0 Å². The van der Waals surface area contributed by atoms with Crippen molar-refractivity contribution in [1.82, 2.24) is 14.5 Å². The van der Waals surface area contributed by atoms with Crippen molar-refractivity contribution in [3.63, 3.8) is 0 Å². The summed E-state index contributed by atoms with van der Waals surface area (Å²) >= 11 is 0. The zero-order valence-corrected chi connectivity index (χ0v) is 13.7. The van der Waals surface area contributed by atoms with Crippen LogP contribution in [-0.2, 0) is 4.74 Å². The van der Waals surface area contributed by atoms with Crippen LogP contribution < -0.4 is 11.1 Å². The Morgan fingerprint density at radius 2 is 2.17 bits per heavy atom. The third kappa shape index (κ3) is 2.76. The van der Waals surface area contributed by atoms with E-state index >= 15 is 0 Å². The first kappa shape index (κ1) is 17.1. The molecule has 0 aliphatic carbocycles. The number of anilines is 1. The highest BCUT2D eigenvalue weighted by atomic mass is 16.6. The molecule has 5 atom stereocenters. The molecule has 10 nitrogen and oxygen atoms in total. The number of fused-ring (bicyclic) bond motifs is 1. The maximum atomic E-state index is 10.2. The quantitative estimate of drug-likeness (QED) is 0.439. The van der Waals surface area contributed by atoms with Gasteiger partial charge in [-0.3, -0.25) is 9.47 Å². The molecule has 6 N–H and O–H groups in total. The SMILES string of the molecule is CCCN(C)C1N=C(N)Nc2c1ncn2C1O[C@H](CO)[C@@H](O)[C@H]1O. The zero-order chi connectivity index (χ0) is 17.4. The Bertz CT molecular complexity index is 620. The summed E-state index contributed by atoms with van der Waals surface area (Å²) in [5, 5.41) is 32.4. The lowest BCUT2D eigenvalue weighted by Crippen LogP contribution is -2.36. The molecule has 0 bridgehead atoms. The number of imidazole rings is 1. The summed E-state index contributed by atoms with van der Waals surface area (Å²) in [6, 6.07) is 0. The molecule has 2 unspecified atom stereocenters. The van der Waals surface area contributed by atoms with Crippen molar-refractivity contribution in [2.45, 2.75) is 44.1 Å². The van der Waals surface area contributed by atoms with E-state index < -0.39 is 24.5 Å². The smallest absolute Gasteiger partial charge is 0.196 e. The van der Waals surface area contributed by atoms with Crippen molar-refractivity contribution >= 4 is 11.8 Å². The first-order chi connectivity index (χ1) is 11.5. The van der Waals surface area contributed by atoms with Gasteiger partial charge in [-0.05, 0) is 20.0 Å². The van der Waals surface area contributed by atoms with Crippen LogP contribution >= 0.6 is 0 Å². The number of rotatable bonds is 5. The predicted molar refractivity (Wildman–Crippen MR) is 86.1 cm³/mol. The highest BCUT2D eigenvalue weighted by Gasteiger charge is 2.45. The second kappa shape index (κ2) is 6.65. The second-order valence-electron chi connectivity index (χ2n) is 6.11. The van der Waals surface area contributed by atoms with Crippen LogP contribution in [0.1, 0.15) is 31.4 Å². The number of nitrogens with two attached hydrogens (primary N) is 1. The van der Waals surface area contributed by atoms with Gasteiger partial charge in [0.05, 0.1) is 12.9 Å². The molecule has 3 heterocycles. The molecule has 1 saturated heterocycles. The molecule has 0 radical (unpaired) electrons. The lowest BCUT2D eigenvalue weighted by Gasteiger charge is -2.29. The molecule has 134 valence electrons. The van der Waals surface area contributed by atoms with Gasteiger partial charge in [0.15, 0.2) is 18.4 Å². The van der Waals surface area contributed by atoms with Gasteiger partial charge in [0.25, 0.3) is 0 Å². The first-order valence-electron chi connectivity index (χ1n) is 7.97. The highest BCUT2D eigenvalue weighted by Crippen LogP contribution is 2.36. The van der Waals surface area contributed by atoms with Crippen LogP contribution in [0.2, 0.25) is 0 Å². The summed E-state index contributed by atoms with van der Waals surface area (Å²) in [6.45, 7) is 2.51. The van der Waals surface area contributed by atoms with E-state index in [0.717, 1.165) is 13.0 Å². The summed E-state index contributed by atoms with van der Waals surface area (Å²) in [4.78, 5) is 10.8. The van der Waals surface area contributed by atoms with E-state index in [1.54, 1.807) is 4.57 Å². The van der Waals surface area contributed by atoms with E-state index in [0.29, 0.717) is 11.5 Å². The maximum absolute atomic E-state index is 10.2. The van der Waals surface area contributed by atoms with E-state index in [4.69, 9.17) is 10.5 Å². The average molecular weight is 340 g/mol. The number of aliphatic imine (C=N–C) groups is 1. The van der Waals surface area contributed by atoms with Crippen LogP contribution in [0.4, 0.5) is 5.82 Å². The zero-order valence-electron chi connectivity index (χ0n) is 13.7. The largest absolute Gasteiger partial charge is 0.394 e. The molecular formula is C14H24N6O4. The second-order valence-corrected chi connectivity index (χ2v) is 6.11. The van der Waals surface area contributed by atoms with Crippen LogP contribution in [0, 0.1) is 0 Å². The third-order valence-electron chi connectivity index (χ3n) is 4.36. The Kier molecular flexibility index (Phi) is 4.74. The number of ether oxygens (including phenoxy) is 1. The molecule has 24 heavy (non-hydrogen) atoms. The highest BCUT2D eigenvalue weighted by molar-refractivity contribution is 5.93. The maximum Gasteiger partial charge on any atom is 0.196 e. The Labute approximate surface area is 139 Å². The minimum Gasteiger partial charge on any atom is -0.394 e. The standard InChI is InChI=1S/C14H24N6O4/c1-3-4-19(2)11-8-12(18-14(15)17-11)20(6-16-8)13-10(23)9(22)7(5-21)24-13/h6-7,9-11,13,21-23H,3-5H2,1-2H3,(H3,15,17,18)/t7-,9-,10-,11?,13?/m1/s1. The molecule has 1 fully saturated rings. The number of hydrogen-bond acceptors (Lipinski definition) is 9. The third-order valence-corrected chi connectivity index (χ3v) is 4.36. The average Bonchev–Trinajstić information content (AvgIpc) is 3.09. The van der Waals surface area contributed by atoms with Gasteiger partial charge in [-0.15, -0.1) is 0 Å². The molecule has 2 aliphatic heterocycles. The molecule has 0 amide bonds. The van der Waals surface area contributed by atoms with Gasteiger partial charge in [0.1, 0.15) is 29.8 Å². The van der Waals surface area contributed by atoms with Crippen molar-refractivity contribution in [3.05, 3.63) is 12.0 Å². The van der Waals surface area contributed by atoms with Crippen molar-refractivity contribution in [2.75, 3.05) is 25.5 Å². The number of nitrogens with one attached hydrogen (secondary N) is 1. The van der Waals surface area contributed by atoms with Gasteiger partial charge in [-0.2, -0.15) is 0 Å². The monoisotopic (exact) mass is 340 g/mol. The summed E-state index contributed by atoms with van der Waals surface area (Å²) in [7, 11) is 1.94. The van der Waals surface area contributed by atoms with Crippen LogP contribution in [0.15, 0.2) is 11.3 Å². The van der Waals surface area contributed by atoms with E-state index in [1.165, 1.54) is 6.33 Å². The van der Waals surface area contributed by atoms with Crippen molar-refractivity contribution < 1.29 is 20.1 Å². The van der Waals surface area contributed by atoms with Crippen molar-refractivity contribution in [3.8, 4) is 0 Å². The number of aliphatic hydroxyl groups is 3. The van der Waals surface area contributed by atoms with Crippen LogP contribution in [0.3, 0.4) is 0 Å². The van der Waals surface area contributed by atoms with Crippen molar-refractivity contribution in [2.24, 2.45) is 10.7 Å². The molecule has 1 aromatic heterocycles. The number of hydrogen-bond donors (Lipinski definition) is 5. The lowest BCUT2D eigenvalue weighted by atomic mass is 10.1. The molecular weight excluding hydrogens is 316 g/mol. The molecule has 0 saturated carbocycles. The molecule has 0 aromatic carbocycles. The first-order valence-corrected chi connectivity index (χ1v) is 7.97. The number of aliphatic hydroxyl groups excluding tert-OH is 3. The Balaban J connectivity index is 1.92. The molecule has 2 aliphatic rings. The molecule has 0 spiro atoms. The fraction of sp³-hybridized carbons (Fsp3) is 0.714. The van der Waals surface area contributed by atoms with Crippen molar-refractivity contribution in [1.29, 1.82) is 0 Å². The van der Waals surface area contributed by atoms with Crippen LogP contribution in [0.5, 0.6) is 0 Å². The normalized spacial score (nSPS) is 32.6. The minimum absolute atomic E-state index is 0.240. The van der Waals surface area contributed by atoms with E-state index in [-0.39, 0.29) is 18.7 Å². The van der Waals surface area contributed by atoms with Gasteiger partial charge in [0, 0.05) is 0 Å². The fourth-order valence-electron chi connectivity index (χ4n) is 3.12. The number of nitrogens with zero attached hydrogens (tertiary/aromatic N) is 4. The Morgan fingerprint density at radius 1 is 1.42 bits per heavy atom. The Morgan fingerprint density at radius 3 is 2.79 bits per heavy atom. The summed E-state index contributed by atoms with van der Waals surface area (Å²) < 4.78 is 7.14. The van der Waals surface area contributed by atoms with Gasteiger partial charge >= 0.3 is 0 Å². The minimum atomic E-state index is -1.19. The summed E-state index contributed by atoms with van der Waals surface area (Å²) in [6.07, 6.45) is -1.94. The van der Waals surface area contributed by atoms with Crippen LogP contribution in [-0.4, -0.2) is 74.2 Å². The fourth-order valence-corrected chi connectivity index (χ4v) is 3.12. The number of aromatic nitrogens is 2. The van der Waals surface area contributed by atoms with Gasteiger partial charge in [-0.25, -0.2) is 9.98 Å². The van der Waals surface area contributed by atoms with E-state index in [2.05, 4.69) is 22.2 Å². The summed E-state index contributed by atoms with van der Waals surface area (Å²) in [5.41, 5.74) is 6.56.